The maximum absolute atomic E-state index is 12.9. The summed E-state index contributed by atoms with van der Waals surface area (Å²) in [6.07, 6.45) is 2.58. The highest BCUT2D eigenvalue weighted by atomic mass is 35.5. The molecule has 1 heterocycles. The minimum Gasteiger partial charge on any atom is -0.493 e. The van der Waals surface area contributed by atoms with Crippen molar-refractivity contribution in [2.45, 2.75) is 13.0 Å². The highest BCUT2D eigenvalue weighted by Gasteiger charge is 2.01. The monoisotopic (exact) mass is 269 g/mol. The van der Waals surface area contributed by atoms with E-state index in [2.05, 4.69) is 5.10 Å². The van der Waals surface area contributed by atoms with Crippen molar-refractivity contribution < 1.29 is 9.13 Å². The Labute approximate surface area is 109 Å². The van der Waals surface area contributed by atoms with E-state index in [-0.39, 0.29) is 5.02 Å². The second kappa shape index (κ2) is 5.73. The third-order valence-electron chi connectivity index (χ3n) is 2.35. The van der Waals surface area contributed by atoms with E-state index in [9.17, 15) is 4.39 Å². The molecule has 0 spiro atoms. The third-order valence-corrected chi connectivity index (χ3v) is 2.64. The molecule has 0 aliphatic rings. The molecule has 4 nitrogen and oxygen atoms in total. The number of nitrogen functional groups attached to an aromatic ring is 1. The summed E-state index contributed by atoms with van der Waals surface area (Å²) in [5.74, 6) is 0.610. The molecule has 0 bridgehead atoms. The van der Waals surface area contributed by atoms with E-state index in [0.717, 1.165) is 6.42 Å². The quantitative estimate of drug-likeness (QED) is 0.849. The molecule has 1 aromatic carbocycles. The standard InChI is InChI=1S/C12H13ClFN3O/c13-10-8-9(2-3-11(10)14)18-7-1-5-17-6-4-12(15)16-17/h2-4,6,8H,1,5,7H2,(H2,15,16). The largest absolute Gasteiger partial charge is 0.493 e. The van der Waals surface area contributed by atoms with Gasteiger partial charge in [-0.15, -0.1) is 0 Å². The summed E-state index contributed by atoms with van der Waals surface area (Å²) in [5, 5.41) is 4.11. The molecule has 2 N–H and O–H groups in total. The Morgan fingerprint density at radius 1 is 1.39 bits per heavy atom. The molecule has 0 aliphatic heterocycles. The summed E-state index contributed by atoms with van der Waals surface area (Å²) >= 11 is 5.64. The van der Waals surface area contributed by atoms with Gasteiger partial charge < -0.3 is 10.5 Å². The summed E-state index contributed by atoms with van der Waals surface area (Å²) in [4.78, 5) is 0. The number of aryl methyl sites for hydroxylation is 1. The lowest BCUT2D eigenvalue weighted by Gasteiger charge is -2.06. The molecule has 0 fully saturated rings. The zero-order valence-corrected chi connectivity index (χ0v) is 10.4. The number of halogens is 2. The van der Waals surface area contributed by atoms with Gasteiger partial charge in [0.1, 0.15) is 17.4 Å². The lowest BCUT2D eigenvalue weighted by Crippen LogP contribution is -2.05. The highest BCUT2D eigenvalue weighted by Crippen LogP contribution is 2.21. The summed E-state index contributed by atoms with van der Waals surface area (Å²) in [6.45, 7) is 1.22. The van der Waals surface area contributed by atoms with Gasteiger partial charge >= 0.3 is 0 Å². The Balaban J connectivity index is 1.76. The Bertz CT molecular complexity index is 530. The first-order valence-corrected chi connectivity index (χ1v) is 5.90. The van der Waals surface area contributed by atoms with Crippen LogP contribution in [0, 0.1) is 5.82 Å². The SMILES string of the molecule is Nc1ccn(CCCOc2ccc(F)c(Cl)c2)n1. The smallest absolute Gasteiger partial charge is 0.145 e. The van der Waals surface area contributed by atoms with Crippen LogP contribution < -0.4 is 10.5 Å². The van der Waals surface area contributed by atoms with Gasteiger partial charge in [-0.25, -0.2) is 4.39 Å². The van der Waals surface area contributed by atoms with Crippen LogP contribution in [-0.4, -0.2) is 16.4 Å². The van der Waals surface area contributed by atoms with Gasteiger partial charge in [0.05, 0.1) is 11.6 Å². The Morgan fingerprint density at radius 2 is 2.22 bits per heavy atom. The van der Waals surface area contributed by atoms with Crippen LogP contribution >= 0.6 is 11.6 Å². The molecule has 0 saturated carbocycles. The average molecular weight is 270 g/mol. The van der Waals surface area contributed by atoms with Gasteiger partial charge in [-0.3, -0.25) is 4.68 Å². The van der Waals surface area contributed by atoms with Crippen LogP contribution in [0.5, 0.6) is 5.75 Å². The van der Waals surface area contributed by atoms with Crippen molar-refractivity contribution in [1.29, 1.82) is 0 Å². The van der Waals surface area contributed by atoms with Crippen molar-refractivity contribution in [1.82, 2.24) is 9.78 Å². The fourth-order valence-corrected chi connectivity index (χ4v) is 1.66. The molecule has 2 rings (SSSR count). The molecule has 0 atom stereocenters. The Kier molecular flexibility index (Phi) is 4.04. The van der Waals surface area contributed by atoms with Gasteiger partial charge in [0.15, 0.2) is 0 Å². The number of ether oxygens (including phenoxy) is 1. The first-order valence-electron chi connectivity index (χ1n) is 5.52. The van der Waals surface area contributed by atoms with Gasteiger partial charge in [-0.2, -0.15) is 5.10 Å². The molecule has 0 radical (unpaired) electrons. The zero-order valence-electron chi connectivity index (χ0n) is 9.64. The van der Waals surface area contributed by atoms with E-state index in [4.69, 9.17) is 22.1 Å². The molecule has 0 saturated heterocycles. The summed E-state index contributed by atoms with van der Waals surface area (Å²) in [7, 11) is 0. The zero-order chi connectivity index (χ0) is 13.0. The average Bonchev–Trinajstić information content (AvgIpc) is 2.75. The van der Waals surface area contributed by atoms with Crippen molar-refractivity contribution in [3.8, 4) is 5.75 Å². The molecule has 1 aromatic heterocycles. The maximum Gasteiger partial charge on any atom is 0.145 e. The fraction of sp³-hybridized carbons (Fsp3) is 0.250. The van der Waals surface area contributed by atoms with Gasteiger partial charge in [-0.1, -0.05) is 11.6 Å². The van der Waals surface area contributed by atoms with Crippen molar-refractivity contribution in [3.63, 3.8) is 0 Å². The molecular formula is C12H13ClFN3O. The van der Waals surface area contributed by atoms with Crippen LogP contribution in [0.4, 0.5) is 10.2 Å². The lowest BCUT2D eigenvalue weighted by atomic mass is 10.3. The molecule has 18 heavy (non-hydrogen) atoms. The first-order chi connectivity index (χ1) is 8.65. The highest BCUT2D eigenvalue weighted by molar-refractivity contribution is 6.30. The Morgan fingerprint density at radius 3 is 2.89 bits per heavy atom. The lowest BCUT2D eigenvalue weighted by molar-refractivity contribution is 0.298. The number of hydrogen-bond donors (Lipinski definition) is 1. The van der Waals surface area contributed by atoms with Crippen LogP contribution in [0.3, 0.4) is 0 Å². The second-order valence-electron chi connectivity index (χ2n) is 3.78. The molecule has 0 aliphatic carbocycles. The van der Waals surface area contributed by atoms with Crippen molar-refractivity contribution >= 4 is 17.4 Å². The second-order valence-corrected chi connectivity index (χ2v) is 4.19. The number of aromatic nitrogens is 2. The number of benzene rings is 1. The Hall–Kier alpha value is -1.75. The number of nitrogens with zero attached hydrogens (tertiary/aromatic N) is 2. The summed E-state index contributed by atoms with van der Waals surface area (Å²) in [6, 6.07) is 6.03. The van der Waals surface area contributed by atoms with Gasteiger partial charge in [0.2, 0.25) is 0 Å². The van der Waals surface area contributed by atoms with Crippen LogP contribution in [0.15, 0.2) is 30.5 Å². The van der Waals surface area contributed by atoms with Crippen LogP contribution in [-0.2, 0) is 6.54 Å². The van der Waals surface area contributed by atoms with E-state index in [1.165, 1.54) is 12.1 Å². The van der Waals surface area contributed by atoms with E-state index in [1.807, 2.05) is 6.20 Å². The molecule has 96 valence electrons. The van der Waals surface area contributed by atoms with E-state index >= 15 is 0 Å². The van der Waals surface area contributed by atoms with Crippen molar-refractivity contribution in [2.24, 2.45) is 0 Å². The molecule has 2 aromatic rings. The van der Waals surface area contributed by atoms with Crippen molar-refractivity contribution in [3.05, 3.63) is 41.3 Å². The molecular weight excluding hydrogens is 257 g/mol. The number of nitrogens with two attached hydrogens (primary N) is 1. The van der Waals surface area contributed by atoms with E-state index in [1.54, 1.807) is 16.8 Å². The summed E-state index contributed by atoms with van der Waals surface area (Å²) < 4.78 is 20.1. The van der Waals surface area contributed by atoms with Crippen LogP contribution in [0.2, 0.25) is 5.02 Å². The normalized spacial score (nSPS) is 10.6. The van der Waals surface area contributed by atoms with E-state index in [0.29, 0.717) is 24.7 Å². The first kappa shape index (κ1) is 12.7. The molecule has 0 amide bonds. The fourth-order valence-electron chi connectivity index (χ4n) is 1.49. The number of anilines is 1. The number of hydrogen-bond acceptors (Lipinski definition) is 3. The van der Waals surface area contributed by atoms with E-state index < -0.39 is 5.82 Å². The van der Waals surface area contributed by atoms with Crippen LogP contribution in [0.25, 0.3) is 0 Å². The van der Waals surface area contributed by atoms with Gasteiger partial charge in [0, 0.05) is 25.2 Å². The summed E-state index contributed by atoms with van der Waals surface area (Å²) in [5.41, 5.74) is 5.49. The molecule has 6 heteroatoms. The molecule has 0 unspecified atom stereocenters. The van der Waals surface area contributed by atoms with Gasteiger partial charge in [-0.05, 0) is 18.2 Å². The third kappa shape index (κ3) is 3.37. The predicted molar refractivity (Wildman–Crippen MR) is 68.2 cm³/mol. The predicted octanol–water partition coefficient (Wildman–Crippen LogP) is 2.73. The van der Waals surface area contributed by atoms with Gasteiger partial charge in [0.25, 0.3) is 0 Å². The maximum atomic E-state index is 12.9. The minimum absolute atomic E-state index is 0.0624. The number of rotatable bonds is 5. The van der Waals surface area contributed by atoms with Crippen molar-refractivity contribution in [2.75, 3.05) is 12.3 Å². The van der Waals surface area contributed by atoms with Crippen LogP contribution in [0.1, 0.15) is 6.42 Å². The topological polar surface area (TPSA) is 53.1 Å². The minimum atomic E-state index is -0.448.